The van der Waals surface area contributed by atoms with Gasteiger partial charge in [-0.05, 0) is 60.2 Å². The zero-order valence-corrected chi connectivity index (χ0v) is 13.7. The second-order valence-electron chi connectivity index (χ2n) is 6.52. The van der Waals surface area contributed by atoms with Crippen LogP contribution >= 0.6 is 31.9 Å². The monoisotopic (exact) mass is 370 g/mol. The molecular formula is C16H20Br2. The maximum absolute atomic E-state index is 3.66. The van der Waals surface area contributed by atoms with Gasteiger partial charge in [-0.3, -0.25) is 0 Å². The Morgan fingerprint density at radius 1 is 0.611 bits per heavy atom. The van der Waals surface area contributed by atoms with Gasteiger partial charge < -0.3 is 0 Å². The van der Waals surface area contributed by atoms with Gasteiger partial charge in [0.1, 0.15) is 0 Å². The molecule has 0 heterocycles. The summed E-state index contributed by atoms with van der Waals surface area (Å²) in [5.74, 6) is 7.42. The quantitative estimate of drug-likeness (QED) is 0.498. The molecule has 2 unspecified atom stereocenters. The van der Waals surface area contributed by atoms with Gasteiger partial charge in [0.05, 0.1) is 0 Å². The lowest BCUT2D eigenvalue weighted by atomic mass is 9.81. The highest BCUT2D eigenvalue weighted by Crippen LogP contribution is 2.68. The van der Waals surface area contributed by atoms with Crippen molar-refractivity contribution < 1.29 is 0 Å². The van der Waals surface area contributed by atoms with Crippen LogP contribution in [0.25, 0.3) is 0 Å². The summed E-state index contributed by atoms with van der Waals surface area (Å²) in [6.45, 7) is 0. The summed E-state index contributed by atoms with van der Waals surface area (Å²) in [5, 5.41) is 2.35. The molecule has 4 rings (SSSR count). The first-order valence-electron chi connectivity index (χ1n) is 7.35. The molecule has 4 aliphatic carbocycles. The second kappa shape index (κ2) is 4.48. The number of hydrogen-bond acceptors (Lipinski definition) is 0. The van der Waals surface area contributed by atoms with E-state index in [0.29, 0.717) is 0 Å². The topological polar surface area (TPSA) is 0 Å². The average molecular weight is 372 g/mol. The molecule has 0 aromatic carbocycles. The minimum atomic E-state index is 0.898. The maximum atomic E-state index is 3.66. The lowest BCUT2D eigenvalue weighted by Gasteiger charge is -2.24. The SMILES string of the molecule is BrCCC1[C@H]2C=C[C@@H]3C(CCBr)[C@@H]4C=C[C@@H]1C4C23. The molecule has 0 spiro atoms. The van der Waals surface area contributed by atoms with Crippen LogP contribution in [0.3, 0.4) is 0 Å². The van der Waals surface area contributed by atoms with Crippen LogP contribution in [0.5, 0.6) is 0 Å². The van der Waals surface area contributed by atoms with E-state index in [4.69, 9.17) is 0 Å². The Labute approximate surface area is 127 Å². The third-order valence-electron chi connectivity index (χ3n) is 6.20. The highest BCUT2D eigenvalue weighted by atomic mass is 79.9. The minimum Gasteiger partial charge on any atom is -0.0928 e. The van der Waals surface area contributed by atoms with Gasteiger partial charge in [0, 0.05) is 10.7 Å². The predicted molar refractivity (Wildman–Crippen MR) is 83.0 cm³/mol. The molecule has 2 fully saturated rings. The first-order chi connectivity index (χ1) is 8.86. The molecular weight excluding hydrogens is 352 g/mol. The molecule has 18 heavy (non-hydrogen) atoms. The minimum absolute atomic E-state index is 0.898. The molecule has 0 N–H and O–H groups in total. The second-order valence-corrected chi connectivity index (χ2v) is 8.10. The van der Waals surface area contributed by atoms with Gasteiger partial charge in [-0.15, -0.1) is 0 Å². The molecule has 0 bridgehead atoms. The summed E-state index contributed by atoms with van der Waals surface area (Å²) < 4.78 is 0. The van der Waals surface area contributed by atoms with Gasteiger partial charge in [-0.1, -0.05) is 56.2 Å². The van der Waals surface area contributed by atoms with E-state index in [0.717, 1.165) is 47.3 Å². The normalized spacial score (nSPS) is 54.6. The van der Waals surface area contributed by atoms with Crippen molar-refractivity contribution in [3.05, 3.63) is 24.3 Å². The number of rotatable bonds is 4. The van der Waals surface area contributed by atoms with Crippen LogP contribution in [0.4, 0.5) is 0 Å². The van der Waals surface area contributed by atoms with Crippen LogP contribution in [-0.2, 0) is 0 Å². The summed E-state index contributed by atoms with van der Waals surface area (Å²) in [6, 6.07) is 0. The molecule has 0 nitrogen and oxygen atoms in total. The third-order valence-corrected chi connectivity index (χ3v) is 7.11. The third kappa shape index (κ3) is 1.43. The Kier molecular flexibility index (Phi) is 3.04. The maximum Gasteiger partial charge on any atom is 0.00343 e. The molecule has 2 heteroatoms. The Hall–Kier alpha value is 0.440. The molecule has 0 radical (unpaired) electrons. The van der Waals surface area contributed by atoms with E-state index in [1.165, 1.54) is 23.5 Å². The number of halogens is 2. The van der Waals surface area contributed by atoms with Crippen LogP contribution in [0, 0.1) is 47.3 Å². The van der Waals surface area contributed by atoms with Crippen molar-refractivity contribution in [1.82, 2.24) is 0 Å². The molecule has 0 aromatic rings. The average Bonchev–Trinajstić information content (AvgIpc) is 3.04. The van der Waals surface area contributed by atoms with E-state index >= 15 is 0 Å². The Morgan fingerprint density at radius 2 is 0.944 bits per heavy atom. The van der Waals surface area contributed by atoms with E-state index in [1.807, 2.05) is 0 Å². The molecule has 0 saturated heterocycles. The van der Waals surface area contributed by atoms with Crippen LogP contribution in [0.15, 0.2) is 24.3 Å². The summed E-state index contributed by atoms with van der Waals surface area (Å²) in [7, 11) is 0. The fraction of sp³-hybridized carbons (Fsp3) is 0.750. The van der Waals surface area contributed by atoms with Crippen molar-refractivity contribution in [2.45, 2.75) is 12.8 Å². The van der Waals surface area contributed by atoms with E-state index in [2.05, 4.69) is 56.2 Å². The number of hydrogen-bond donors (Lipinski definition) is 0. The van der Waals surface area contributed by atoms with Crippen LogP contribution < -0.4 is 0 Å². The van der Waals surface area contributed by atoms with E-state index < -0.39 is 0 Å². The van der Waals surface area contributed by atoms with Gasteiger partial charge in [0.25, 0.3) is 0 Å². The highest BCUT2D eigenvalue weighted by Gasteiger charge is 2.63. The molecule has 98 valence electrons. The molecule has 0 aliphatic heterocycles. The van der Waals surface area contributed by atoms with E-state index in [-0.39, 0.29) is 0 Å². The zero-order valence-electron chi connectivity index (χ0n) is 10.5. The van der Waals surface area contributed by atoms with Gasteiger partial charge >= 0.3 is 0 Å². The molecule has 4 aliphatic rings. The van der Waals surface area contributed by atoms with Crippen molar-refractivity contribution in [2.75, 3.05) is 10.7 Å². The number of allylic oxidation sites excluding steroid dienone is 4. The van der Waals surface area contributed by atoms with Crippen LogP contribution in [0.1, 0.15) is 12.8 Å². The van der Waals surface area contributed by atoms with Crippen LogP contribution in [-0.4, -0.2) is 10.7 Å². The van der Waals surface area contributed by atoms with Crippen LogP contribution in [0.2, 0.25) is 0 Å². The Morgan fingerprint density at radius 3 is 1.22 bits per heavy atom. The zero-order chi connectivity index (χ0) is 12.3. The first kappa shape index (κ1) is 12.2. The van der Waals surface area contributed by atoms with E-state index in [9.17, 15) is 0 Å². The summed E-state index contributed by atoms with van der Waals surface area (Å²) in [4.78, 5) is 0. The molecule has 6 atom stereocenters. The lowest BCUT2D eigenvalue weighted by Crippen LogP contribution is -2.19. The highest BCUT2D eigenvalue weighted by molar-refractivity contribution is 9.09. The van der Waals surface area contributed by atoms with Crippen molar-refractivity contribution in [1.29, 1.82) is 0 Å². The first-order valence-corrected chi connectivity index (χ1v) is 9.59. The van der Waals surface area contributed by atoms with E-state index in [1.54, 1.807) is 0 Å². The molecule has 0 amide bonds. The fourth-order valence-corrected chi connectivity index (χ4v) is 6.87. The summed E-state index contributed by atoms with van der Waals surface area (Å²) >= 11 is 7.32. The Bertz CT molecular complexity index is 334. The van der Waals surface area contributed by atoms with Crippen molar-refractivity contribution >= 4 is 31.9 Å². The summed E-state index contributed by atoms with van der Waals surface area (Å²) in [6.07, 6.45) is 13.1. The van der Waals surface area contributed by atoms with Gasteiger partial charge in [-0.2, -0.15) is 0 Å². The summed E-state index contributed by atoms with van der Waals surface area (Å²) in [5.41, 5.74) is 0. The van der Waals surface area contributed by atoms with Crippen molar-refractivity contribution in [3.63, 3.8) is 0 Å². The Balaban J connectivity index is 1.68. The van der Waals surface area contributed by atoms with Gasteiger partial charge in [0.15, 0.2) is 0 Å². The van der Waals surface area contributed by atoms with Crippen molar-refractivity contribution in [2.24, 2.45) is 47.3 Å². The standard InChI is InChI=1S/C16H20Br2/c17-7-5-9-11-1-2-12-10(6-8-18)14-4-3-13(9)16(14)15(11)12/h1-4,9-16H,5-8H2/t9?,10?,11-,12-,13+,14+,15?,16?. The lowest BCUT2D eigenvalue weighted by molar-refractivity contribution is 0.287. The van der Waals surface area contributed by atoms with Gasteiger partial charge in [-0.25, -0.2) is 0 Å². The van der Waals surface area contributed by atoms with Crippen molar-refractivity contribution in [3.8, 4) is 0 Å². The largest absolute Gasteiger partial charge is 0.0928 e. The molecule has 2 saturated carbocycles. The predicted octanol–water partition coefficient (Wildman–Crippen LogP) is 4.65. The fourth-order valence-electron chi connectivity index (χ4n) is 5.81. The smallest absolute Gasteiger partial charge is 0.00343 e. The van der Waals surface area contributed by atoms with Gasteiger partial charge in [0.2, 0.25) is 0 Å². The number of alkyl halides is 2. The molecule has 0 aromatic heterocycles.